The molecule has 0 spiro atoms. The summed E-state index contributed by atoms with van der Waals surface area (Å²) in [6.07, 6.45) is -4.78. The van der Waals surface area contributed by atoms with E-state index in [2.05, 4.69) is 10.1 Å². The molecule has 0 aliphatic heterocycles. The molecule has 2 rings (SSSR count). The molecule has 0 heterocycles. The maximum Gasteiger partial charge on any atom is 0.416 e. The van der Waals surface area contributed by atoms with Crippen LogP contribution in [0.4, 0.5) is 13.2 Å². The molecule has 7 nitrogen and oxygen atoms in total. The molecule has 12 heteroatoms. The zero-order valence-corrected chi connectivity index (χ0v) is 17.7. The number of sulfonamides is 1. The van der Waals surface area contributed by atoms with E-state index in [9.17, 15) is 31.2 Å². The van der Waals surface area contributed by atoms with E-state index in [1.165, 1.54) is 0 Å². The van der Waals surface area contributed by atoms with Crippen LogP contribution in [-0.4, -0.2) is 33.4 Å². The molecule has 0 radical (unpaired) electrons. The van der Waals surface area contributed by atoms with Crippen LogP contribution in [0.5, 0.6) is 0 Å². The van der Waals surface area contributed by atoms with Gasteiger partial charge in [-0.3, -0.25) is 9.59 Å². The number of carbonyl (C=O) groups is 2. The zero-order chi connectivity index (χ0) is 23.2. The molecule has 0 aliphatic carbocycles. The van der Waals surface area contributed by atoms with Gasteiger partial charge in [-0.1, -0.05) is 41.4 Å². The first-order valence-electron chi connectivity index (χ1n) is 8.73. The Morgan fingerprint density at radius 3 is 2.35 bits per heavy atom. The first-order valence-corrected chi connectivity index (χ1v) is 10.6. The molecule has 1 amide bonds. The summed E-state index contributed by atoms with van der Waals surface area (Å²) in [5.74, 6) is -1.71. The number of benzene rings is 2. The quantitative estimate of drug-likeness (QED) is 0.568. The summed E-state index contributed by atoms with van der Waals surface area (Å²) >= 11 is 5.69. The number of rotatable bonds is 8. The highest BCUT2D eigenvalue weighted by molar-refractivity contribution is 7.89. The summed E-state index contributed by atoms with van der Waals surface area (Å²) in [5.41, 5.74) is 0.666. The van der Waals surface area contributed by atoms with Gasteiger partial charge in [-0.2, -0.15) is 17.9 Å². The maximum absolute atomic E-state index is 12.8. The summed E-state index contributed by atoms with van der Waals surface area (Å²) in [6, 6.07) is 9.13. The average molecular weight is 479 g/mol. The monoisotopic (exact) mass is 478 g/mol. The van der Waals surface area contributed by atoms with Crippen molar-refractivity contribution >= 4 is 33.5 Å². The molecular weight excluding hydrogens is 461 g/mol. The van der Waals surface area contributed by atoms with E-state index in [0.29, 0.717) is 12.1 Å². The predicted octanol–water partition coefficient (Wildman–Crippen LogP) is 2.81. The van der Waals surface area contributed by atoms with Crippen molar-refractivity contribution in [3.63, 3.8) is 0 Å². The lowest BCUT2D eigenvalue weighted by Crippen LogP contribution is -2.34. The molecule has 0 bridgehead atoms. The lowest BCUT2D eigenvalue weighted by Gasteiger charge is -2.12. The van der Waals surface area contributed by atoms with Crippen LogP contribution in [0.1, 0.15) is 16.7 Å². The van der Waals surface area contributed by atoms with Crippen molar-refractivity contribution in [1.82, 2.24) is 10.0 Å². The Bertz CT molecular complexity index is 1060. The molecule has 0 fully saturated rings. The van der Waals surface area contributed by atoms with Gasteiger partial charge in [-0.25, -0.2) is 8.42 Å². The largest absolute Gasteiger partial charge is 0.455 e. The smallest absolute Gasteiger partial charge is 0.416 e. The molecule has 168 valence electrons. The van der Waals surface area contributed by atoms with E-state index >= 15 is 0 Å². The maximum atomic E-state index is 12.8. The second-order valence-corrected chi connectivity index (χ2v) is 8.53. The van der Waals surface area contributed by atoms with Crippen molar-refractivity contribution in [2.24, 2.45) is 0 Å². The van der Waals surface area contributed by atoms with E-state index in [1.54, 1.807) is 4.72 Å². The Labute approximate surface area is 181 Å². The first kappa shape index (κ1) is 24.6. The van der Waals surface area contributed by atoms with E-state index in [0.717, 1.165) is 17.2 Å². The van der Waals surface area contributed by atoms with E-state index in [-0.39, 0.29) is 6.54 Å². The summed E-state index contributed by atoms with van der Waals surface area (Å²) in [6.45, 7) is 0.561. The molecule has 2 aromatic rings. The minimum Gasteiger partial charge on any atom is -0.455 e. The summed E-state index contributed by atoms with van der Waals surface area (Å²) in [7, 11) is -4.54. The Morgan fingerprint density at radius 1 is 1.10 bits per heavy atom. The van der Waals surface area contributed by atoms with E-state index in [4.69, 9.17) is 11.6 Å². The number of halogens is 4. The van der Waals surface area contributed by atoms with Gasteiger partial charge in [0, 0.05) is 6.54 Å². The topological polar surface area (TPSA) is 102 Å². The fraction of sp³-hybridized carbons (Fsp3) is 0.263. The predicted molar refractivity (Wildman–Crippen MR) is 106 cm³/mol. The molecule has 2 N–H and O–H groups in total. The minimum absolute atomic E-state index is 0.206. The number of hydrogen-bond acceptors (Lipinski definition) is 5. The fourth-order valence-corrected chi connectivity index (χ4v) is 3.76. The van der Waals surface area contributed by atoms with Gasteiger partial charge in [0.05, 0.1) is 10.6 Å². The SMILES string of the molecule is Cc1ccc(CNC(=O)COC(=O)CNS(=O)(=O)c2cc(C(F)(F)F)ccc2Cl)cc1. The average Bonchev–Trinajstić information content (AvgIpc) is 2.69. The molecule has 2 aromatic carbocycles. The van der Waals surface area contributed by atoms with Crippen LogP contribution in [0, 0.1) is 6.92 Å². The van der Waals surface area contributed by atoms with Gasteiger partial charge >= 0.3 is 12.1 Å². The molecule has 0 atom stereocenters. The molecule has 0 saturated carbocycles. The number of nitrogens with one attached hydrogen (secondary N) is 2. The Hall–Kier alpha value is -2.63. The lowest BCUT2D eigenvalue weighted by atomic mass is 10.1. The number of amides is 1. The Morgan fingerprint density at radius 2 is 1.74 bits per heavy atom. The van der Waals surface area contributed by atoms with Crippen molar-refractivity contribution in [1.29, 1.82) is 0 Å². The van der Waals surface area contributed by atoms with Crippen molar-refractivity contribution in [3.8, 4) is 0 Å². The van der Waals surface area contributed by atoms with Crippen LogP contribution in [0.2, 0.25) is 5.02 Å². The van der Waals surface area contributed by atoms with Crippen molar-refractivity contribution in [3.05, 3.63) is 64.2 Å². The van der Waals surface area contributed by atoms with Gasteiger partial charge in [0.2, 0.25) is 10.0 Å². The fourth-order valence-electron chi connectivity index (χ4n) is 2.27. The van der Waals surface area contributed by atoms with Crippen LogP contribution in [0.15, 0.2) is 47.4 Å². The van der Waals surface area contributed by atoms with Crippen LogP contribution < -0.4 is 10.0 Å². The van der Waals surface area contributed by atoms with Crippen molar-refractivity contribution < 1.29 is 35.9 Å². The van der Waals surface area contributed by atoms with Crippen molar-refractivity contribution in [2.75, 3.05) is 13.2 Å². The molecule has 0 aliphatic rings. The third kappa shape index (κ3) is 7.53. The summed E-state index contributed by atoms with van der Waals surface area (Å²) in [5, 5.41) is 2.07. The highest BCUT2D eigenvalue weighted by Gasteiger charge is 2.32. The highest BCUT2D eigenvalue weighted by Crippen LogP contribution is 2.33. The second-order valence-electron chi connectivity index (χ2n) is 6.39. The molecular formula is C19H18ClF3N2O5S. The zero-order valence-electron chi connectivity index (χ0n) is 16.1. The van der Waals surface area contributed by atoms with Crippen LogP contribution in [0.3, 0.4) is 0 Å². The number of hydrogen-bond donors (Lipinski definition) is 2. The summed E-state index contributed by atoms with van der Waals surface area (Å²) in [4.78, 5) is 22.6. The van der Waals surface area contributed by atoms with Gasteiger partial charge in [0.15, 0.2) is 6.61 Å². The Kier molecular flexibility index (Phi) is 8.04. The van der Waals surface area contributed by atoms with Gasteiger partial charge in [-0.15, -0.1) is 0 Å². The minimum atomic E-state index is -4.78. The highest BCUT2D eigenvalue weighted by atomic mass is 35.5. The first-order chi connectivity index (χ1) is 14.4. The van der Waals surface area contributed by atoms with Crippen LogP contribution in [-0.2, 0) is 37.1 Å². The number of carbonyl (C=O) groups excluding carboxylic acids is 2. The summed E-state index contributed by atoms with van der Waals surface area (Å²) < 4.78 is 69.3. The molecule has 0 unspecified atom stereocenters. The van der Waals surface area contributed by atoms with Crippen LogP contribution >= 0.6 is 11.6 Å². The van der Waals surface area contributed by atoms with E-state index in [1.807, 2.05) is 31.2 Å². The number of ether oxygens (including phenoxy) is 1. The van der Waals surface area contributed by atoms with E-state index < -0.39 is 56.7 Å². The third-order valence-electron chi connectivity index (χ3n) is 3.93. The molecule has 0 aromatic heterocycles. The van der Waals surface area contributed by atoms with Gasteiger partial charge < -0.3 is 10.1 Å². The molecule has 0 saturated heterocycles. The number of aryl methyl sites for hydroxylation is 1. The van der Waals surface area contributed by atoms with Crippen LogP contribution in [0.25, 0.3) is 0 Å². The second kappa shape index (κ2) is 10.1. The van der Waals surface area contributed by atoms with Gasteiger partial charge in [0.25, 0.3) is 5.91 Å². The normalized spacial score (nSPS) is 11.8. The third-order valence-corrected chi connectivity index (χ3v) is 5.81. The van der Waals surface area contributed by atoms with Gasteiger partial charge in [0.1, 0.15) is 11.4 Å². The lowest BCUT2D eigenvalue weighted by molar-refractivity contribution is -0.147. The van der Waals surface area contributed by atoms with Gasteiger partial charge in [-0.05, 0) is 30.7 Å². The number of alkyl halides is 3. The standard InChI is InChI=1S/C19H18ClF3N2O5S/c1-12-2-4-13(5-3-12)9-24-17(26)11-30-18(27)10-25-31(28,29)16-8-14(19(21,22)23)6-7-15(16)20/h2-8,25H,9-11H2,1H3,(H,24,26). The number of esters is 1. The molecule has 31 heavy (non-hydrogen) atoms. The Balaban J connectivity index is 1.86. The van der Waals surface area contributed by atoms with Crippen molar-refractivity contribution in [2.45, 2.75) is 24.5 Å².